The third-order valence-corrected chi connectivity index (χ3v) is 3.70. The monoisotopic (exact) mass is 349 g/mol. The molecule has 0 bridgehead atoms. The van der Waals surface area contributed by atoms with Crippen molar-refractivity contribution in [1.82, 2.24) is 0 Å². The Kier molecular flexibility index (Phi) is 6.23. The molecule has 0 radical (unpaired) electrons. The highest BCUT2D eigenvalue weighted by Crippen LogP contribution is 2.26. The predicted octanol–water partition coefficient (Wildman–Crippen LogP) is 3.72. The lowest BCUT2D eigenvalue weighted by molar-refractivity contribution is 0.145. The van der Waals surface area contributed by atoms with E-state index < -0.39 is 0 Å². The van der Waals surface area contributed by atoms with Gasteiger partial charge in [0.25, 0.3) is 0 Å². The molecule has 0 aliphatic carbocycles. The van der Waals surface area contributed by atoms with Gasteiger partial charge in [0, 0.05) is 23.2 Å². The van der Waals surface area contributed by atoms with E-state index in [-0.39, 0.29) is 6.04 Å². The Labute approximate surface area is 134 Å². The number of nitrogens with two attached hydrogens (primary N) is 1. The summed E-state index contributed by atoms with van der Waals surface area (Å²) in [5.41, 5.74) is 8.58. The molecule has 1 unspecified atom stereocenters. The fraction of sp³-hybridized carbons (Fsp3) is 0.294. The average Bonchev–Trinajstić information content (AvgIpc) is 2.48. The molecule has 21 heavy (non-hydrogen) atoms. The molecule has 2 aromatic carbocycles. The topological polar surface area (TPSA) is 44.5 Å². The molecule has 0 saturated carbocycles. The van der Waals surface area contributed by atoms with Crippen LogP contribution in [0.2, 0.25) is 0 Å². The molecule has 0 heterocycles. The third kappa shape index (κ3) is 4.84. The first kappa shape index (κ1) is 16.0. The lowest BCUT2D eigenvalue weighted by atomic mass is 9.99. The van der Waals surface area contributed by atoms with Gasteiger partial charge in [-0.25, -0.2) is 0 Å². The molecular formula is C17H20BrNO2. The fourth-order valence-electron chi connectivity index (χ4n) is 2.18. The highest BCUT2D eigenvalue weighted by Gasteiger charge is 2.12. The van der Waals surface area contributed by atoms with Gasteiger partial charge >= 0.3 is 0 Å². The van der Waals surface area contributed by atoms with Gasteiger partial charge in [0.2, 0.25) is 0 Å². The normalized spacial score (nSPS) is 12.1. The molecule has 0 fully saturated rings. The molecule has 0 aliphatic heterocycles. The van der Waals surface area contributed by atoms with Crippen molar-refractivity contribution < 1.29 is 9.47 Å². The smallest absolute Gasteiger partial charge is 0.124 e. The number of rotatable bonds is 7. The van der Waals surface area contributed by atoms with Crippen LogP contribution < -0.4 is 10.5 Å². The summed E-state index contributed by atoms with van der Waals surface area (Å²) in [6.07, 6.45) is 0.768. The summed E-state index contributed by atoms with van der Waals surface area (Å²) < 4.78 is 11.8. The van der Waals surface area contributed by atoms with Gasteiger partial charge in [-0.05, 0) is 30.2 Å². The van der Waals surface area contributed by atoms with Gasteiger partial charge in [0.1, 0.15) is 12.4 Å². The van der Waals surface area contributed by atoms with E-state index >= 15 is 0 Å². The van der Waals surface area contributed by atoms with E-state index in [1.807, 2.05) is 36.4 Å². The van der Waals surface area contributed by atoms with Crippen LogP contribution in [0.3, 0.4) is 0 Å². The van der Waals surface area contributed by atoms with Crippen LogP contribution >= 0.6 is 15.9 Å². The third-order valence-electron chi connectivity index (χ3n) is 3.21. The second kappa shape index (κ2) is 8.17. The Bertz CT molecular complexity index is 574. The molecule has 3 nitrogen and oxygen atoms in total. The van der Waals surface area contributed by atoms with Gasteiger partial charge in [0.05, 0.1) is 6.61 Å². The maximum absolute atomic E-state index is 6.36. The van der Waals surface area contributed by atoms with Crippen molar-refractivity contribution in [1.29, 1.82) is 0 Å². The van der Waals surface area contributed by atoms with E-state index in [0.717, 1.165) is 22.2 Å². The van der Waals surface area contributed by atoms with E-state index in [4.69, 9.17) is 15.2 Å². The van der Waals surface area contributed by atoms with Crippen LogP contribution in [0.4, 0.5) is 0 Å². The van der Waals surface area contributed by atoms with Crippen LogP contribution in [0.5, 0.6) is 5.75 Å². The molecule has 4 heteroatoms. The minimum absolute atomic E-state index is 0.0990. The van der Waals surface area contributed by atoms with E-state index in [2.05, 4.69) is 28.1 Å². The first-order chi connectivity index (χ1) is 10.2. The van der Waals surface area contributed by atoms with Crippen molar-refractivity contribution in [2.75, 3.05) is 20.3 Å². The van der Waals surface area contributed by atoms with Gasteiger partial charge in [0.15, 0.2) is 0 Å². The number of hydrogen-bond acceptors (Lipinski definition) is 3. The fourth-order valence-corrected chi connectivity index (χ4v) is 2.63. The number of hydrogen-bond donors (Lipinski definition) is 1. The number of para-hydroxylation sites is 1. The van der Waals surface area contributed by atoms with Gasteiger partial charge < -0.3 is 15.2 Å². The van der Waals surface area contributed by atoms with Crippen molar-refractivity contribution in [3.8, 4) is 5.75 Å². The predicted molar refractivity (Wildman–Crippen MR) is 88.6 cm³/mol. The first-order valence-electron chi connectivity index (χ1n) is 6.91. The highest BCUT2D eigenvalue weighted by molar-refractivity contribution is 9.10. The SMILES string of the molecule is COCCOc1ccccc1C(N)Cc1cccc(Br)c1. The van der Waals surface area contributed by atoms with Gasteiger partial charge in [-0.1, -0.05) is 46.3 Å². The lowest BCUT2D eigenvalue weighted by Gasteiger charge is -2.17. The standard InChI is InChI=1S/C17H20BrNO2/c1-20-9-10-21-17-8-3-2-7-15(17)16(19)12-13-5-4-6-14(18)11-13/h2-8,11,16H,9-10,12,19H2,1H3. The van der Waals surface area contributed by atoms with Gasteiger partial charge in [-0.2, -0.15) is 0 Å². The van der Waals surface area contributed by atoms with Gasteiger partial charge in [-0.3, -0.25) is 0 Å². The van der Waals surface area contributed by atoms with Crippen LogP contribution in [0.15, 0.2) is 53.0 Å². The maximum atomic E-state index is 6.36. The Morgan fingerprint density at radius 1 is 1.10 bits per heavy atom. The van der Waals surface area contributed by atoms with Crippen molar-refractivity contribution in [3.63, 3.8) is 0 Å². The minimum Gasteiger partial charge on any atom is -0.491 e. The Hall–Kier alpha value is -1.36. The van der Waals surface area contributed by atoms with Crippen molar-refractivity contribution in [2.24, 2.45) is 5.73 Å². The summed E-state index contributed by atoms with van der Waals surface area (Å²) in [5, 5.41) is 0. The largest absolute Gasteiger partial charge is 0.491 e. The van der Waals surface area contributed by atoms with Crippen molar-refractivity contribution in [2.45, 2.75) is 12.5 Å². The van der Waals surface area contributed by atoms with Crippen molar-refractivity contribution in [3.05, 3.63) is 64.1 Å². The zero-order chi connectivity index (χ0) is 15.1. The van der Waals surface area contributed by atoms with Crippen molar-refractivity contribution >= 4 is 15.9 Å². The summed E-state index contributed by atoms with van der Waals surface area (Å²) in [7, 11) is 1.66. The lowest BCUT2D eigenvalue weighted by Crippen LogP contribution is -2.15. The molecule has 1 atom stereocenters. The van der Waals surface area contributed by atoms with E-state index in [9.17, 15) is 0 Å². The van der Waals surface area contributed by atoms with Crippen LogP contribution in [0.25, 0.3) is 0 Å². The van der Waals surface area contributed by atoms with Crippen LogP contribution in [0, 0.1) is 0 Å². The summed E-state index contributed by atoms with van der Waals surface area (Å²) in [6.45, 7) is 1.09. The molecule has 2 rings (SSSR count). The van der Waals surface area contributed by atoms with Gasteiger partial charge in [-0.15, -0.1) is 0 Å². The van der Waals surface area contributed by atoms with E-state index in [1.165, 1.54) is 5.56 Å². The second-order valence-electron chi connectivity index (χ2n) is 4.82. The number of ether oxygens (including phenoxy) is 2. The van der Waals surface area contributed by atoms with E-state index in [0.29, 0.717) is 13.2 Å². The quantitative estimate of drug-likeness (QED) is 0.774. The average molecular weight is 350 g/mol. The number of methoxy groups -OCH3 is 1. The van der Waals surface area contributed by atoms with Crippen LogP contribution in [-0.4, -0.2) is 20.3 Å². The van der Waals surface area contributed by atoms with Crippen LogP contribution in [-0.2, 0) is 11.2 Å². The molecule has 0 aliphatic rings. The Morgan fingerprint density at radius 2 is 1.90 bits per heavy atom. The number of benzene rings is 2. The molecule has 0 saturated heterocycles. The molecule has 0 aromatic heterocycles. The zero-order valence-corrected chi connectivity index (χ0v) is 13.7. The molecule has 2 N–H and O–H groups in total. The number of halogens is 1. The minimum atomic E-state index is -0.0990. The summed E-state index contributed by atoms with van der Waals surface area (Å²) in [5.74, 6) is 0.831. The summed E-state index contributed by atoms with van der Waals surface area (Å²) in [6, 6.07) is 16.0. The summed E-state index contributed by atoms with van der Waals surface area (Å²) in [4.78, 5) is 0. The van der Waals surface area contributed by atoms with E-state index in [1.54, 1.807) is 7.11 Å². The first-order valence-corrected chi connectivity index (χ1v) is 7.70. The Balaban J connectivity index is 2.09. The zero-order valence-electron chi connectivity index (χ0n) is 12.1. The molecule has 0 spiro atoms. The molecule has 0 amide bonds. The molecule has 112 valence electrons. The maximum Gasteiger partial charge on any atom is 0.124 e. The Morgan fingerprint density at radius 3 is 2.67 bits per heavy atom. The summed E-state index contributed by atoms with van der Waals surface area (Å²) >= 11 is 3.49. The molecular weight excluding hydrogens is 330 g/mol. The van der Waals surface area contributed by atoms with Crippen LogP contribution in [0.1, 0.15) is 17.2 Å². The second-order valence-corrected chi connectivity index (χ2v) is 5.74. The molecule has 2 aromatic rings. The highest BCUT2D eigenvalue weighted by atomic mass is 79.9.